The van der Waals surface area contributed by atoms with Crippen LogP contribution in [0.5, 0.6) is 0 Å². The normalized spacial score (nSPS) is 15.5. The predicted octanol–water partition coefficient (Wildman–Crippen LogP) is 5.13. The molecule has 1 amide bonds. The van der Waals surface area contributed by atoms with Crippen LogP contribution in [0.3, 0.4) is 0 Å². The van der Waals surface area contributed by atoms with E-state index in [9.17, 15) is 9.59 Å². The fourth-order valence-corrected chi connectivity index (χ4v) is 6.37. The molecule has 0 bridgehead atoms. The van der Waals surface area contributed by atoms with E-state index < -0.39 is 5.97 Å². The second-order valence-electron chi connectivity index (χ2n) is 8.54. The van der Waals surface area contributed by atoms with Gasteiger partial charge in [0.1, 0.15) is 10.8 Å². The molecule has 176 valence electrons. The van der Waals surface area contributed by atoms with Crippen molar-refractivity contribution in [1.29, 1.82) is 0 Å². The highest BCUT2D eigenvalue weighted by Gasteiger charge is 2.29. The Morgan fingerprint density at radius 2 is 2.18 bits per heavy atom. The van der Waals surface area contributed by atoms with Crippen LogP contribution in [0.2, 0.25) is 0 Å². The number of hydrogen-bond acceptors (Lipinski definition) is 8. The second kappa shape index (κ2) is 9.72. The van der Waals surface area contributed by atoms with E-state index in [2.05, 4.69) is 22.4 Å². The molecule has 0 fully saturated rings. The number of methoxy groups -OCH3 is 1. The zero-order valence-electron chi connectivity index (χ0n) is 19.4. The molecular formula is C23H28N4O4S2. The number of furan rings is 1. The largest absolute Gasteiger partial charge is 0.469 e. The summed E-state index contributed by atoms with van der Waals surface area (Å²) in [6.45, 7) is 8.19. The molecule has 3 aromatic heterocycles. The zero-order chi connectivity index (χ0) is 23.7. The lowest BCUT2D eigenvalue weighted by Crippen LogP contribution is -2.17. The number of fused-ring (bicyclic) bond motifs is 1. The summed E-state index contributed by atoms with van der Waals surface area (Å²) >= 11 is 2.80. The molecule has 0 spiro atoms. The average Bonchev–Trinajstić information content (AvgIpc) is 3.47. The Kier molecular flexibility index (Phi) is 6.94. The highest BCUT2D eigenvalue weighted by Crippen LogP contribution is 2.40. The van der Waals surface area contributed by atoms with Crippen LogP contribution in [0.25, 0.3) is 11.4 Å². The molecule has 1 unspecified atom stereocenters. The number of hydrogen-bond donors (Lipinski definition) is 1. The number of nitrogens with zero attached hydrogens (tertiary/aromatic N) is 3. The first-order valence-electron chi connectivity index (χ1n) is 10.9. The van der Waals surface area contributed by atoms with Crippen molar-refractivity contribution in [2.75, 3.05) is 18.2 Å². The molecule has 0 aliphatic heterocycles. The molecule has 1 aliphatic carbocycles. The Balaban J connectivity index is 1.51. The van der Waals surface area contributed by atoms with E-state index in [1.54, 1.807) is 6.26 Å². The Hall–Kier alpha value is -2.59. The van der Waals surface area contributed by atoms with Crippen molar-refractivity contribution in [3.8, 4) is 11.4 Å². The molecule has 33 heavy (non-hydrogen) atoms. The summed E-state index contributed by atoms with van der Waals surface area (Å²) in [5.74, 6) is 1.60. The van der Waals surface area contributed by atoms with Gasteiger partial charge in [-0.25, -0.2) is 4.79 Å². The van der Waals surface area contributed by atoms with E-state index in [4.69, 9.17) is 9.15 Å². The second-order valence-corrected chi connectivity index (χ2v) is 10.6. The van der Waals surface area contributed by atoms with E-state index in [-0.39, 0.29) is 17.7 Å². The molecule has 0 aromatic carbocycles. The molecule has 1 atom stereocenters. The first-order chi connectivity index (χ1) is 15.8. The Bertz CT molecular complexity index is 1180. The first-order valence-corrected chi connectivity index (χ1v) is 12.7. The van der Waals surface area contributed by atoms with Gasteiger partial charge in [-0.3, -0.25) is 9.36 Å². The summed E-state index contributed by atoms with van der Waals surface area (Å²) in [6.07, 6.45) is 4.41. The van der Waals surface area contributed by atoms with Crippen LogP contribution >= 0.6 is 23.1 Å². The van der Waals surface area contributed by atoms with E-state index in [1.165, 1.54) is 30.2 Å². The number of nitrogens with one attached hydrogen (secondary N) is 1. The SMILES string of the molecule is COC(=O)c1c(NC(=O)CSc2nnc(-c3ccoc3C)n2C(C)C)sc2c1CCC(C)C2. The topological polar surface area (TPSA) is 99.2 Å². The van der Waals surface area contributed by atoms with Crippen molar-refractivity contribution < 1.29 is 18.7 Å². The number of thioether (sulfide) groups is 1. The average molecular weight is 489 g/mol. The van der Waals surface area contributed by atoms with Gasteiger partial charge in [0.25, 0.3) is 0 Å². The van der Waals surface area contributed by atoms with Crippen LogP contribution in [-0.2, 0) is 22.4 Å². The number of carbonyl (C=O) groups is 2. The maximum absolute atomic E-state index is 12.8. The van der Waals surface area contributed by atoms with Gasteiger partial charge < -0.3 is 14.5 Å². The van der Waals surface area contributed by atoms with Crippen LogP contribution < -0.4 is 5.32 Å². The van der Waals surface area contributed by atoms with Gasteiger partial charge in [-0.2, -0.15) is 0 Å². The minimum Gasteiger partial charge on any atom is -0.469 e. The molecular weight excluding hydrogens is 460 g/mol. The number of ether oxygens (including phenoxy) is 1. The summed E-state index contributed by atoms with van der Waals surface area (Å²) < 4.78 is 12.4. The minimum atomic E-state index is -0.398. The maximum atomic E-state index is 12.8. The number of aryl methyl sites for hydroxylation is 1. The number of thiophene rings is 1. The number of rotatable bonds is 7. The Labute approximate surface area is 201 Å². The molecule has 1 N–H and O–H groups in total. The molecule has 0 saturated heterocycles. The van der Waals surface area contributed by atoms with Gasteiger partial charge in [0.2, 0.25) is 5.91 Å². The van der Waals surface area contributed by atoms with E-state index >= 15 is 0 Å². The minimum absolute atomic E-state index is 0.104. The maximum Gasteiger partial charge on any atom is 0.341 e. The van der Waals surface area contributed by atoms with Gasteiger partial charge >= 0.3 is 5.97 Å². The Morgan fingerprint density at radius 1 is 1.39 bits per heavy atom. The summed E-state index contributed by atoms with van der Waals surface area (Å²) in [5, 5.41) is 12.8. The smallest absolute Gasteiger partial charge is 0.341 e. The Morgan fingerprint density at radius 3 is 2.85 bits per heavy atom. The van der Waals surface area contributed by atoms with Gasteiger partial charge in [-0.1, -0.05) is 18.7 Å². The van der Waals surface area contributed by atoms with E-state index in [0.717, 1.165) is 41.0 Å². The van der Waals surface area contributed by atoms with Gasteiger partial charge in [-0.05, 0) is 57.6 Å². The van der Waals surface area contributed by atoms with Gasteiger partial charge in [0.05, 0.1) is 30.3 Å². The van der Waals surface area contributed by atoms with Crippen LogP contribution in [-0.4, -0.2) is 39.5 Å². The predicted molar refractivity (Wildman–Crippen MR) is 129 cm³/mol. The summed E-state index contributed by atoms with van der Waals surface area (Å²) in [7, 11) is 1.37. The summed E-state index contributed by atoms with van der Waals surface area (Å²) in [5.41, 5.74) is 2.41. The summed E-state index contributed by atoms with van der Waals surface area (Å²) in [6, 6.07) is 1.97. The molecule has 4 rings (SSSR count). The van der Waals surface area contributed by atoms with Crippen LogP contribution in [0, 0.1) is 12.8 Å². The lowest BCUT2D eigenvalue weighted by molar-refractivity contribution is -0.113. The highest BCUT2D eigenvalue weighted by molar-refractivity contribution is 7.99. The van der Waals surface area contributed by atoms with Crippen molar-refractivity contribution in [2.24, 2.45) is 5.92 Å². The fraction of sp³-hybridized carbons (Fsp3) is 0.478. The molecule has 0 saturated carbocycles. The quantitative estimate of drug-likeness (QED) is 0.363. The monoisotopic (exact) mass is 488 g/mol. The van der Waals surface area contributed by atoms with Crippen LogP contribution in [0.15, 0.2) is 21.9 Å². The van der Waals surface area contributed by atoms with Crippen molar-refractivity contribution in [3.05, 3.63) is 34.1 Å². The zero-order valence-corrected chi connectivity index (χ0v) is 21.1. The number of anilines is 1. The third kappa shape index (κ3) is 4.72. The number of amides is 1. The van der Waals surface area contributed by atoms with Crippen molar-refractivity contribution >= 4 is 40.0 Å². The van der Waals surface area contributed by atoms with E-state index in [1.807, 2.05) is 31.4 Å². The fourth-order valence-electron chi connectivity index (χ4n) is 4.09. The number of esters is 1. The summed E-state index contributed by atoms with van der Waals surface area (Å²) in [4.78, 5) is 26.5. The molecule has 3 heterocycles. The highest BCUT2D eigenvalue weighted by atomic mass is 32.2. The number of carbonyl (C=O) groups excluding carboxylic acids is 2. The standard InChI is InChI=1S/C23H28N4O4S2/c1-12(2)27-20(15-8-9-31-14(15)4)25-26-23(27)32-11-18(28)24-21-19(22(29)30-5)16-7-6-13(3)10-17(16)33-21/h8-9,12-13H,6-7,10-11H2,1-5H3,(H,24,28). The molecule has 1 aliphatic rings. The first kappa shape index (κ1) is 23.6. The molecule has 3 aromatic rings. The third-order valence-electron chi connectivity index (χ3n) is 5.77. The van der Waals surface area contributed by atoms with Crippen molar-refractivity contribution in [2.45, 2.75) is 58.2 Å². The lowest BCUT2D eigenvalue weighted by atomic mass is 9.88. The molecule has 8 nitrogen and oxygen atoms in total. The van der Waals surface area contributed by atoms with E-state index in [0.29, 0.717) is 27.5 Å². The molecule has 10 heteroatoms. The van der Waals surface area contributed by atoms with Gasteiger partial charge in [0.15, 0.2) is 11.0 Å². The third-order valence-corrected chi connectivity index (χ3v) is 7.88. The molecule has 0 radical (unpaired) electrons. The van der Waals surface area contributed by atoms with Gasteiger partial charge in [-0.15, -0.1) is 21.5 Å². The van der Waals surface area contributed by atoms with Crippen LogP contribution in [0.4, 0.5) is 5.00 Å². The van der Waals surface area contributed by atoms with Crippen molar-refractivity contribution in [3.63, 3.8) is 0 Å². The lowest BCUT2D eigenvalue weighted by Gasteiger charge is -2.18. The van der Waals surface area contributed by atoms with Crippen LogP contribution in [0.1, 0.15) is 59.8 Å². The van der Waals surface area contributed by atoms with Crippen molar-refractivity contribution in [1.82, 2.24) is 14.8 Å². The van der Waals surface area contributed by atoms with Gasteiger partial charge in [0, 0.05) is 10.9 Å². The number of aromatic nitrogens is 3.